The van der Waals surface area contributed by atoms with E-state index in [1.165, 1.54) is 12.1 Å². The van der Waals surface area contributed by atoms with E-state index in [4.69, 9.17) is 0 Å². The number of hydrogen-bond acceptors (Lipinski definition) is 2. The molecule has 1 atom stereocenters. The Morgan fingerprint density at radius 1 is 1.07 bits per heavy atom. The highest BCUT2D eigenvalue weighted by Crippen LogP contribution is 2.19. The monoisotopic (exact) mass is 418 g/mol. The predicted molar refractivity (Wildman–Crippen MR) is 112 cm³/mol. The maximum absolute atomic E-state index is 13.8. The molecule has 1 saturated heterocycles. The van der Waals surface area contributed by atoms with Crippen molar-refractivity contribution in [2.45, 2.75) is 32.1 Å². The molecular weight excluding hydrogens is 389 g/mol. The summed E-state index contributed by atoms with van der Waals surface area (Å²) in [5, 5.41) is 0. The first-order valence-electron chi connectivity index (χ1n) is 10.6. The van der Waals surface area contributed by atoms with Crippen LogP contribution in [-0.2, 0) is 17.6 Å². The molecule has 0 N–H and O–H groups in total. The van der Waals surface area contributed by atoms with Crippen molar-refractivity contribution in [2.24, 2.45) is 5.92 Å². The third kappa shape index (κ3) is 6.33. The van der Waals surface area contributed by atoms with Gasteiger partial charge in [-0.25, -0.2) is 13.2 Å². The van der Waals surface area contributed by atoms with Crippen LogP contribution in [0.3, 0.4) is 0 Å². The number of likely N-dealkylation sites (tertiary alicyclic amines) is 1. The zero-order valence-corrected chi connectivity index (χ0v) is 17.4. The smallest absolute Gasteiger partial charge is 0.222 e. The van der Waals surface area contributed by atoms with Crippen LogP contribution in [0.1, 0.15) is 30.4 Å². The zero-order chi connectivity index (χ0) is 21.5. The minimum atomic E-state index is -0.883. The van der Waals surface area contributed by atoms with Crippen molar-refractivity contribution in [2.75, 3.05) is 33.2 Å². The molecule has 0 spiro atoms. The molecule has 1 aliphatic rings. The second-order valence-electron chi connectivity index (χ2n) is 8.17. The molecule has 0 bridgehead atoms. The van der Waals surface area contributed by atoms with Gasteiger partial charge in [-0.05, 0) is 67.5 Å². The van der Waals surface area contributed by atoms with Gasteiger partial charge in [-0.3, -0.25) is 4.79 Å². The van der Waals surface area contributed by atoms with E-state index < -0.39 is 11.6 Å². The van der Waals surface area contributed by atoms with E-state index in [1.54, 1.807) is 18.0 Å². The van der Waals surface area contributed by atoms with Gasteiger partial charge in [0.15, 0.2) is 11.6 Å². The van der Waals surface area contributed by atoms with Gasteiger partial charge in [-0.15, -0.1) is 0 Å². The van der Waals surface area contributed by atoms with Gasteiger partial charge in [-0.1, -0.05) is 24.3 Å². The highest BCUT2D eigenvalue weighted by molar-refractivity contribution is 5.76. The predicted octanol–water partition coefficient (Wildman–Crippen LogP) is 4.45. The van der Waals surface area contributed by atoms with Crippen molar-refractivity contribution < 1.29 is 18.0 Å². The van der Waals surface area contributed by atoms with Gasteiger partial charge in [-0.2, -0.15) is 0 Å². The van der Waals surface area contributed by atoms with Gasteiger partial charge in [0, 0.05) is 33.1 Å². The average molecular weight is 419 g/mol. The molecule has 0 saturated carbocycles. The van der Waals surface area contributed by atoms with Crippen LogP contribution in [-0.4, -0.2) is 48.9 Å². The van der Waals surface area contributed by atoms with E-state index in [0.717, 1.165) is 50.2 Å². The maximum Gasteiger partial charge on any atom is 0.222 e. The first-order chi connectivity index (χ1) is 14.4. The van der Waals surface area contributed by atoms with Gasteiger partial charge in [0.2, 0.25) is 5.91 Å². The van der Waals surface area contributed by atoms with E-state index in [0.29, 0.717) is 30.9 Å². The van der Waals surface area contributed by atoms with E-state index in [9.17, 15) is 18.0 Å². The third-order valence-corrected chi connectivity index (χ3v) is 5.83. The van der Waals surface area contributed by atoms with Crippen molar-refractivity contribution in [3.63, 3.8) is 0 Å². The summed E-state index contributed by atoms with van der Waals surface area (Å²) >= 11 is 0. The van der Waals surface area contributed by atoms with Crippen LogP contribution >= 0.6 is 0 Å². The lowest BCUT2D eigenvalue weighted by Gasteiger charge is -2.34. The fourth-order valence-electron chi connectivity index (χ4n) is 4.11. The summed E-state index contributed by atoms with van der Waals surface area (Å²) in [6, 6.07) is 10.6. The Morgan fingerprint density at radius 3 is 2.63 bits per heavy atom. The number of halogens is 3. The average Bonchev–Trinajstić information content (AvgIpc) is 2.74. The Bertz CT molecular complexity index is 858. The molecule has 0 aliphatic carbocycles. The Kier molecular flexibility index (Phi) is 7.91. The molecule has 6 heteroatoms. The highest BCUT2D eigenvalue weighted by atomic mass is 19.2. The summed E-state index contributed by atoms with van der Waals surface area (Å²) in [7, 11) is 1.80. The summed E-state index contributed by atoms with van der Waals surface area (Å²) in [5.41, 5.74) is 1.36. The normalized spacial score (nSPS) is 17.1. The quantitative estimate of drug-likeness (QED) is 0.632. The van der Waals surface area contributed by atoms with Crippen LogP contribution in [0.2, 0.25) is 0 Å². The number of aryl methyl sites for hydroxylation is 1. The molecule has 2 aromatic rings. The molecule has 162 valence electrons. The second kappa shape index (κ2) is 10.6. The number of piperidine rings is 1. The topological polar surface area (TPSA) is 23.6 Å². The Hall–Kier alpha value is -2.34. The van der Waals surface area contributed by atoms with E-state index in [1.807, 2.05) is 12.1 Å². The minimum absolute atomic E-state index is 0.00298. The molecule has 30 heavy (non-hydrogen) atoms. The van der Waals surface area contributed by atoms with Gasteiger partial charge in [0.1, 0.15) is 5.82 Å². The van der Waals surface area contributed by atoms with Crippen molar-refractivity contribution >= 4 is 5.91 Å². The van der Waals surface area contributed by atoms with Crippen LogP contribution in [0.4, 0.5) is 13.2 Å². The number of rotatable bonds is 8. The Balaban J connectivity index is 1.43. The van der Waals surface area contributed by atoms with E-state index in [-0.39, 0.29) is 18.1 Å². The molecule has 1 unspecified atom stereocenters. The molecule has 1 amide bonds. The summed E-state index contributed by atoms with van der Waals surface area (Å²) in [5.74, 6) is -1.53. The lowest BCUT2D eigenvalue weighted by molar-refractivity contribution is -0.130. The van der Waals surface area contributed by atoms with Gasteiger partial charge >= 0.3 is 0 Å². The molecule has 0 radical (unpaired) electrons. The van der Waals surface area contributed by atoms with Crippen molar-refractivity contribution in [3.05, 3.63) is 71.0 Å². The van der Waals surface area contributed by atoms with Crippen LogP contribution in [0.25, 0.3) is 0 Å². The largest absolute Gasteiger partial charge is 0.345 e. The number of amides is 1. The van der Waals surface area contributed by atoms with Crippen molar-refractivity contribution in [1.29, 1.82) is 0 Å². The summed E-state index contributed by atoms with van der Waals surface area (Å²) in [6.45, 7) is 3.38. The third-order valence-electron chi connectivity index (χ3n) is 5.83. The highest BCUT2D eigenvalue weighted by Gasteiger charge is 2.22. The molecular formula is C24H29F3N2O. The lowest BCUT2D eigenvalue weighted by Crippen LogP contribution is -2.42. The number of hydrogen-bond donors (Lipinski definition) is 0. The Labute approximate surface area is 176 Å². The standard InChI is InChI=1S/C24H29F3N2O/c1-28(24(30)11-9-18-8-10-22(26)23(27)15-18)16-19-5-4-13-29(17-19)14-12-20-6-2-3-7-21(20)25/h2-3,6-8,10,15,19H,4-5,9,11-14,16-17H2,1H3. The SMILES string of the molecule is CN(CC1CCCN(CCc2ccccc2F)C1)C(=O)CCc1ccc(F)c(F)c1. The first kappa shape index (κ1) is 22.3. The minimum Gasteiger partial charge on any atom is -0.345 e. The van der Waals surface area contributed by atoms with E-state index in [2.05, 4.69) is 4.90 Å². The molecule has 1 fully saturated rings. The summed E-state index contributed by atoms with van der Waals surface area (Å²) < 4.78 is 40.1. The second-order valence-corrected chi connectivity index (χ2v) is 8.17. The molecule has 3 nitrogen and oxygen atoms in total. The molecule has 1 aliphatic heterocycles. The van der Waals surface area contributed by atoms with Crippen molar-refractivity contribution in [3.8, 4) is 0 Å². The van der Waals surface area contributed by atoms with Crippen LogP contribution < -0.4 is 0 Å². The molecule has 0 aromatic heterocycles. The van der Waals surface area contributed by atoms with Crippen LogP contribution in [0, 0.1) is 23.4 Å². The molecule has 2 aromatic carbocycles. The molecule has 1 heterocycles. The summed E-state index contributed by atoms with van der Waals surface area (Å²) in [6.07, 6.45) is 3.48. The fourth-order valence-corrected chi connectivity index (χ4v) is 4.11. The van der Waals surface area contributed by atoms with E-state index >= 15 is 0 Å². The van der Waals surface area contributed by atoms with Crippen molar-refractivity contribution in [1.82, 2.24) is 9.80 Å². The number of nitrogens with zero attached hydrogens (tertiary/aromatic N) is 2. The van der Waals surface area contributed by atoms with Crippen LogP contribution in [0.15, 0.2) is 42.5 Å². The van der Waals surface area contributed by atoms with Gasteiger partial charge in [0.25, 0.3) is 0 Å². The number of carbonyl (C=O) groups excluding carboxylic acids is 1. The van der Waals surface area contributed by atoms with Gasteiger partial charge in [0.05, 0.1) is 0 Å². The van der Waals surface area contributed by atoms with Crippen LogP contribution in [0.5, 0.6) is 0 Å². The summed E-state index contributed by atoms with van der Waals surface area (Å²) in [4.78, 5) is 16.6. The number of benzene rings is 2. The number of carbonyl (C=O) groups is 1. The fraction of sp³-hybridized carbons (Fsp3) is 0.458. The Morgan fingerprint density at radius 2 is 1.87 bits per heavy atom. The lowest BCUT2D eigenvalue weighted by atomic mass is 9.96. The molecule has 3 rings (SSSR count). The first-order valence-corrected chi connectivity index (χ1v) is 10.6. The van der Waals surface area contributed by atoms with Gasteiger partial charge < -0.3 is 9.80 Å². The zero-order valence-electron chi connectivity index (χ0n) is 17.4. The maximum atomic E-state index is 13.8.